The van der Waals surface area contributed by atoms with Crippen LogP contribution >= 0.6 is 0 Å². The molecule has 2 rings (SSSR count). The second-order valence-electron chi connectivity index (χ2n) is 5.81. The summed E-state index contributed by atoms with van der Waals surface area (Å²) in [5, 5.41) is 6.04. The summed E-state index contributed by atoms with van der Waals surface area (Å²) in [6.45, 7) is 3.12. The molecule has 1 aliphatic heterocycles. The Morgan fingerprint density at radius 2 is 2.05 bits per heavy atom. The molecule has 2 amide bonds. The van der Waals surface area contributed by atoms with Crippen molar-refractivity contribution in [1.29, 1.82) is 0 Å². The Morgan fingerprint density at radius 3 is 2.68 bits per heavy atom. The lowest BCUT2D eigenvalue weighted by molar-refractivity contribution is -0.132. The van der Waals surface area contributed by atoms with E-state index in [1.165, 1.54) is 6.92 Å². The van der Waals surface area contributed by atoms with Crippen molar-refractivity contribution in [3.05, 3.63) is 35.9 Å². The summed E-state index contributed by atoms with van der Waals surface area (Å²) in [4.78, 5) is 26.0. The molecule has 0 radical (unpaired) electrons. The predicted molar refractivity (Wildman–Crippen MR) is 86.3 cm³/mol. The molecule has 2 unspecified atom stereocenters. The molecule has 0 aliphatic carbocycles. The summed E-state index contributed by atoms with van der Waals surface area (Å²) >= 11 is 0. The van der Waals surface area contributed by atoms with Gasteiger partial charge in [-0.1, -0.05) is 30.3 Å². The summed E-state index contributed by atoms with van der Waals surface area (Å²) in [5.41, 5.74) is 0.968. The number of amides is 2. The van der Waals surface area contributed by atoms with E-state index >= 15 is 0 Å². The molecular formula is C17H25N3O2. The summed E-state index contributed by atoms with van der Waals surface area (Å²) in [5.74, 6) is -0.00444. The topological polar surface area (TPSA) is 61.4 Å². The van der Waals surface area contributed by atoms with Crippen LogP contribution in [0, 0.1) is 0 Å². The molecule has 120 valence electrons. The largest absolute Gasteiger partial charge is 0.349 e. The van der Waals surface area contributed by atoms with Crippen molar-refractivity contribution in [2.24, 2.45) is 0 Å². The van der Waals surface area contributed by atoms with Gasteiger partial charge in [-0.15, -0.1) is 0 Å². The number of hydrogen-bond acceptors (Lipinski definition) is 3. The Balaban J connectivity index is 2.06. The highest BCUT2D eigenvalue weighted by Crippen LogP contribution is 2.22. The molecule has 5 nitrogen and oxygen atoms in total. The minimum Gasteiger partial charge on any atom is -0.349 e. The first kappa shape index (κ1) is 16.5. The predicted octanol–water partition coefficient (Wildman–Crippen LogP) is 1.46. The molecule has 2 N–H and O–H groups in total. The maximum absolute atomic E-state index is 12.6. The maximum atomic E-state index is 12.6. The highest BCUT2D eigenvalue weighted by molar-refractivity contribution is 5.79. The lowest BCUT2D eigenvalue weighted by atomic mass is 10.0. The van der Waals surface area contributed by atoms with Gasteiger partial charge in [0.25, 0.3) is 0 Å². The summed E-state index contributed by atoms with van der Waals surface area (Å²) < 4.78 is 0. The zero-order valence-corrected chi connectivity index (χ0v) is 13.3. The Kier molecular flexibility index (Phi) is 5.95. The van der Waals surface area contributed by atoms with E-state index in [0.717, 1.165) is 31.5 Å². The third-order valence-corrected chi connectivity index (χ3v) is 4.10. The van der Waals surface area contributed by atoms with Crippen molar-refractivity contribution in [3.8, 4) is 0 Å². The van der Waals surface area contributed by atoms with E-state index in [1.54, 1.807) is 0 Å². The third kappa shape index (κ3) is 4.31. The van der Waals surface area contributed by atoms with Crippen LogP contribution in [0.1, 0.15) is 37.8 Å². The van der Waals surface area contributed by atoms with Gasteiger partial charge in [0.2, 0.25) is 11.8 Å². The fourth-order valence-electron chi connectivity index (χ4n) is 3.09. The molecule has 1 aromatic rings. The van der Waals surface area contributed by atoms with E-state index in [9.17, 15) is 9.59 Å². The Morgan fingerprint density at radius 1 is 1.32 bits per heavy atom. The highest BCUT2D eigenvalue weighted by atomic mass is 16.2. The molecule has 1 heterocycles. The lowest BCUT2D eigenvalue weighted by Crippen LogP contribution is -2.42. The third-order valence-electron chi connectivity index (χ3n) is 4.10. The van der Waals surface area contributed by atoms with Gasteiger partial charge in [0, 0.05) is 26.1 Å². The van der Waals surface area contributed by atoms with E-state index in [0.29, 0.717) is 6.42 Å². The SMILES string of the molecule is CNCC1CCCN1C(=O)CC(NC(C)=O)c1ccccc1. The zero-order valence-electron chi connectivity index (χ0n) is 13.3. The number of carbonyl (C=O) groups excluding carboxylic acids is 2. The molecule has 1 aliphatic rings. The summed E-state index contributed by atoms with van der Waals surface area (Å²) in [6, 6.07) is 9.68. The smallest absolute Gasteiger partial charge is 0.225 e. The standard InChI is InChI=1S/C17H25N3O2/c1-13(21)19-16(14-7-4-3-5-8-14)11-17(22)20-10-6-9-15(20)12-18-2/h3-5,7-8,15-16,18H,6,9-12H2,1-2H3,(H,19,21). The number of likely N-dealkylation sites (tertiary alicyclic amines) is 1. The minimum atomic E-state index is -0.262. The molecule has 0 aromatic heterocycles. The average Bonchev–Trinajstić information content (AvgIpc) is 2.96. The number of carbonyl (C=O) groups is 2. The quantitative estimate of drug-likeness (QED) is 0.836. The average molecular weight is 303 g/mol. The maximum Gasteiger partial charge on any atom is 0.225 e. The number of rotatable bonds is 6. The molecular weight excluding hydrogens is 278 g/mol. The molecule has 1 aromatic carbocycles. The first-order valence-corrected chi connectivity index (χ1v) is 7.88. The van der Waals surface area contributed by atoms with Gasteiger partial charge in [0.15, 0.2) is 0 Å². The van der Waals surface area contributed by atoms with E-state index in [-0.39, 0.29) is 23.9 Å². The van der Waals surface area contributed by atoms with Gasteiger partial charge in [-0.05, 0) is 25.5 Å². The first-order chi connectivity index (χ1) is 10.6. The van der Waals surface area contributed by atoms with E-state index < -0.39 is 0 Å². The highest BCUT2D eigenvalue weighted by Gasteiger charge is 2.29. The molecule has 0 spiro atoms. The summed E-state index contributed by atoms with van der Waals surface area (Å²) in [6.07, 6.45) is 2.40. The van der Waals surface area contributed by atoms with E-state index in [1.807, 2.05) is 42.3 Å². The minimum absolute atomic E-state index is 0.111. The number of benzene rings is 1. The molecule has 1 saturated heterocycles. The molecule has 0 bridgehead atoms. The van der Waals surface area contributed by atoms with E-state index in [4.69, 9.17) is 0 Å². The number of nitrogens with zero attached hydrogens (tertiary/aromatic N) is 1. The van der Waals surface area contributed by atoms with Crippen molar-refractivity contribution >= 4 is 11.8 Å². The van der Waals surface area contributed by atoms with Crippen molar-refractivity contribution in [3.63, 3.8) is 0 Å². The fraction of sp³-hybridized carbons (Fsp3) is 0.529. The van der Waals surface area contributed by atoms with Crippen LogP contribution in [0.25, 0.3) is 0 Å². The molecule has 2 atom stereocenters. The van der Waals surface area contributed by atoms with Gasteiger partial charge in [0.1, 0.15) is 0 Å². The van der Waals surface area contributed by atoms with Gasteiger partial charge in [-0.3, -0.25) is 9.59 Å². The Hall–Kier alpha value is -1.88. The molecule has 1 fully saturated rings. The second-order valence-corrected chi connectivity index (χ2v) is 5.81. The molecule has 5 heteroatoms. The second kappa shape index (κ2) is 7.94. The van der Waals surface area contributed by atoms with Gasteiger partial charge in [-0.25, -0.2) is 0 Å². The summed E-state index contributed by atoms with van der Waals surface area (Å²) in [7, 11) is 1.91. The van der Waals surface area contributed by atoms with Crippen LogP contribution < -0.4 is 10.6 Å². The zero-order chi connectivity index (χ0) is 15.9. The first-order valence-electron chi connectivity index (χ1n) is 7.88. The molecule has 22 heavy (non-hydrogen) atoms. The lowest BCUT2D eigenvalue weighted by Gasteiger charge is -2.27. The van der Waals surface area contributed by atoms with Crippen LogP contribution in [-0.2, 0) is 9.59 Å². The van der Waals surface area contributed by atoms with Gasteiger partial charge in [0.05, 0.1) is 12.5 Å². The number of hydrogen-bond donors (Lipinski definition) is 2. The monoisotopic (exact) mass is 303 g/mol. The van der Waals surface area contributed by atoms with Crippen LogP contribution in [0.2, 0.25) is 0 Å². The van der Waals surface area contributed by atoms with Crippen LogP contribution in [0.4, 0.5) is 0 Å². The fourth-order valence-corrected chi connectivity index (χ4v) is 3.09. The van der Waals surface area contributed by atoms with Crippen LogP contribution in [0.5, 0.6) is 0 Å². The van der Waals surface area contributed by atoms with Crippen molar-refractivity contribution in [2.45, 2.75) is 38.3 Å². The van der Waals surface area contributed by atoms with Crippen LogP contribution in [-0.4, -0.2) is 42.9 Å². The normalized spacial score (nSPS) is 19.0. The number of nitrogens with one attached hydrogen (secondary N) is 2. The van der Waals surface area contributed by atoms with Crippen molar-refractivity contribution in [2.75, 3.05) is 20.1 Å². The van der Waals surface area contributed by atoms with Crippen molar-refractivity contribution in [1.82, 2.24) is 15.5 Å². The van der Waals surface area contributed by atoms with Gasteiger partial charge < -0.3 is 15.5 Å². The molecule has 0 saturated carbocycles. The van der Waals surface area contributed by atoms with E-state index in [2.05, 4.69) is 10.6 Å². The van der Waals surface area contributed by atoms with Crippen molar-refractivity contribution < 1.29 is 9.59 Å². The van der Waals surface area contributed by atoms with Crippen LogP contribution in [0.3, 0.4) is 0 Å². The Labute approximate surface area is 132 Å². The van der Waals surface area contributed by atoms with Crippen LogP contribution in [0.15, 0.2) is 30.3 Å². The Bertz CT molecular complexity index is 504. The number of likely N-dealkylation sites (N-methyl/N-ethyl adjacent to an activating group) is 1. The van der Waals surface area contributed by atoms with Gasteiger partial charge >= 0.3 is 0 Å². The van der Waals surface area contributed by atoms with Gasteiger partial charge in [-0.2, -0.15) is 0 Å².